The Kier molecular flexibility index (Phi) is 8.81. The number of aliphatic hydroxyl groups excluding tert-OH is 1. The lowest BCUT2D eigenvalue weighted by atomic mass is 9.77. The van der Waals surface area contributed by atoms with Crippen LogP contribution in [-0.2, 0) is 28.7 Å². The molecule has 0 saturated carbocycles. The predicted octanol–water partition coefficient (Wildman–Crippen LogP) is 3.35. The van der Waals surface area contributed by atoms with Gasteiger partial charge in [-0.1, -0.05) is 73.2 Å². The lowest BCUT2D eigenvalue weighted by Crippen LogP contribution is -2.58. The second kappa shape index (κ2) is 12.8. The summed E-state index contributed by atoms with van der Waals surface area (Å²) < 4.78 is 12.3. The summed E-state index contributed by atoms with van der Waals surface area (Å²) in [6.07, 6.45) is 7.04. The van der Waals surface area contributed by atoms with Crippen LogP contribution in [0.1, 0.15) is 37.8 Å². The molecule has 11 heteroatoms. The van der Waals surface area contributed by atoms with Crippen molar-refractivity contribution in [3.63, 3.8) is 0 Å². The molecule has 2 aromatic carbocycles. The van der Waals surface area contributed by atoms with Crippen molar-refractivity contribution in [3.05, 3.63) is 89.5 Å². The van der Waals surface area contributed by atoms with Crippen LogP contribution in [0.4, 0.5) is 5.69 Å². The summed E-state index contributed by atoms with van der Waals surface area (Å²) in [5, 5.41) is 13.9. The number of fused-ring (bicyclic) bond motifs is 2. The second-order valence-corrected chi connectivity index (χ2v) is 12.2. The molecule has 0 radical (unpaired) electrons. The monoisotopic (exact) mass is 633 g/mol. The van der Waals surface area contributed by atoms with Gasteiger partial charge in [-0.3, -0.25) is 19.2 Å². The zero-order valence-electron chi connectivity index (χ0n) is 24.9. The molecule has 236 valence electrons. The molecular weight excluding hydrogens is 598 g/mol. The molecule has 2 N–H and O–H groups in total. The van der Waals surface area contributed by atoms with Crippen molar-refractivity contribution in [2.45, 2.75) is 56.0 Å². The summed E-state index contributed by atoms with van der Waals surface area (Å²) in [5.41, 5.74) is -0.149. The number of carbonyl (C=O) groups is 4. The Hall–Kier alpha value is -3.99. The number of cyclic esters (lactones) is 1. The molecular formula is C34H36ClN3O7. The summed E-state index contributed by atoms with van der Waals surface area (Å²) in [6.45, 7) is 1.61. The standard InChI is InChI=1S/C34H36ClN3O7/c1-2-23(19-39)38-30-33(43)37(24-15-13-22(35)14-16-24)18-8-17-34(30)29(32(38)42)28-26(45-34)11-6-7-12-27(40)44-20-25(36-31(28)41)21-9-4-3-5-10-21/h3-6,8-11,13-17,23,25-26,28-30,39H,2,7,12,18-20H2,1H3,(H,36,41)/b11-6-/t23-,25+,26-,28+,29+,30-,34+/m0/s1. The Balaban J connectivity index is 1.45. The number of amides is 3. The number of rotatable bonds is 5. The lowest BCUT2D eigenvalue weighted by Gasteiger charge is -2.38. The summed E-state index contributed by atoms with van der Waals surface area (Å²) in [4.78, 5) is 58.9. The van der Waals surface area contributed by atoms with Crippen molar-refractivity contribution in [1.29, 1.82) is 0 Å². The average molecular weight is 634 g/mol. The first-order valence-electron chi connectivity index (χ1n) is 15.3. The third-order valence-electron chi connectivity index (χ3n) is 9.22. The smallest absolute Gasteiger partial charge is 0.306 e. The molecule has 2 fully saturated rings. The number of hydrogen-bond acceptors (Lipinski definition) is 7. The molecule has 2 aromatic rings. The molecule has 0 unspecified atom stereocenters. The molecule has 1 spiro atoms. The molecule has 4 heterocycles. The Morgan fingerprint density at radius 1 is 1.04 bits per heavy atom. The third-order valence-corrected chi connectivity index (χ3v) is 9.47. The number of esters is 1. The molecule has 0 bridgehead atoms. The van der Waals surface area contributed by atoms with E-state index in [1.165, 1.54) is 4.90 Å². The maximum atomic E-state index is 14.6. The highest BCUT2D eigenvalue weighted by Gasteiger charge is 2.72. The van der Waals surface area contributed by atoms with Gasteiger partial charge in [0.15, 0.2) is 0 Å². The third kappa shape index (κ3) is 5.55. The van der Waals surface area contributed by atoms with Crippen LogP contribution < -0.4 is 10.2 Å². The number of benzene rings is 2. The fourth-order valence-corrected chi connectivity index (χ4v) is 7.16. The van der Waals surface area contributed by atoms with Gasteiger partial charge in [0.05, 0.1) is 36.6 Å². The molecule has 4 aliphatic rings. The minimum absolute atomic E-state index is 0.0775. The van der Waals surface area contributed by atoms with E-state index in [0.717, 1.165) is 5.56 Å². The number of halogens is 1. The largest absolute Gasteiger partial charge is 0.463 e. The molecule has 4 aliphatic heterocycles. The van der Waals surface area contributed by atoms with E-state index < -0.39 is 59.5 Å². The highest BCUT2D eigenvalue weighted by Crippen LogP contribution is 2.53. The van der Waals surface area contributed by atoms with E-state index in [4.69, 9.17) is 21.1 Å². The SMILES string of the molecule is CC[C@@H](CO)N1C(=O)[C@H]2[C@@H]3C(=O)N[C@@H](c4ccccc4)COC(=O)CC/C=C\[C@@H]3O[C@]23C=CCN(c2ccc(Cl)cc2)C(=O)[C@H]13. The van der Waals surface area contributed by atoms with E-state index in [1.54, 1.807) is 53.5 Å². The van der Waals surface area contributed by atoms with E-state index in [-0.39, 0.29) is 32.1 Å². The first-order chi connectivity index (χ1) is 21.8. The van der Waals surface area contributed by atoms with Crippen LogP contribution >= 0.6 is 11.6 Å². The van der Waals surface area contributed by atoms with Crippen molar-refractivity contribution < 1.29 is 33.8 Å². The van der Waals surface area contributed by atoms with Crippen LogP contribution in [0.3, 0.4) is 0 Å². The Morgan fingerprint density at radius 3 is 2.51 bits per heavy atom. The van der Waals surface area contributed by atoms with Gasteiger partial charge in [-0.25, -0.2) is 0 Å². The van der Waals surface area contributed by atoms with Gasteiger partial charge < -0.3 is 29.7 Å². The molecule has 6 rings (SSSR count). The van der Waals surface area contributed by atoms with Crippen LogP contribution in [-0.4, -0.2) is 77.2 Å². The number of likely N-dealkylation sites (tertiary alicyclic amines) is 1. The highest BCUT2D eigenvalue weighted by molar-refractivity contribution is 6.30. The molecule has 0 aromatic heterocycles. The highest BCUT2D eigenvalue weighted by atomic mass is 35.5. The number of hydrogen-bond donors (Lipinski definition) is 2. The molecule has 10 nitrogen and oxygen atoms in total. The number of allylic oxidation sites excluding steroid dienone is 1. The summed E-state index contributed by atoms with van der Waals surface area (Å²) in [6, 6.07) is 13.5. The topological polar surface area (TPSA) is 125 Å². The van der Waals surface area contributed by atoms with Crippen molar-refractivity contribution >= 4 is 41.0 Å². The van der Waals surface area contributed by atoms with E-state index in [1.807, 2.05) is 37.3 Å². The quantitative estimate of drug-likeness (QED) is 0.382. The summed E-state index contributed by atoms with van der Waals surface area (Å²) in [7, 11) is 0. The Bertz CT molecular complexity index is 1510. The average Bonchev–Trinajstić information content (AvgIpc) is 3.43. The predicted molar refractivity (Wildman–Crippen MR) is 166 cm³/mol. The van der Waals surface area contributed by atoms with Gasteiger partial charge in [0.1, 0.15) is 18.2 Å². The fourth-order valence-electron chi connectivity index (χ4n) is 7.04. The number of nitrogens with zero attached hydrogens (tertiary/aromatic N) is 2. The fraction of sp³-hybridized carbons (Fsp3) is 0.412. The molecule has 2 saturated heterocycles. The number of anilines is 1. The normalized spacial score (nSPS) is 31.5. The van der Waals surface area contributed by atoms with Crippen LogP contribution in [0.5, 0.6) is 0 Å². The maximum Gasteiger partial charge on any atom is 0.306 e. The molecule has 3 amide bonds. The minimum atomic E-state index is -1.48. The van der Waals surface area contributed by atoms with E-state index in [0.29, 0.717) is 23.6 Å². The minimum Gasteiger partial charge on any atom is -0.463 e. The zero-order valence-corrected chi connectivity index (χ0v) is 25.6. The maximum absolute atomic E-state index is 14.6. The van der Waals surface area contributed by atoms with Gasteiger partial charge in [0.2, 0.25) is 11.8 Å². The first kappa shape index (κ1) is 31.0. The van der Waals surface area contributed by atoms with Crippen LogP contribution in [0.25, 0.3) is 0 Å². The zero-order chi connectivity index (χ0) is 31.7. The lowest BCUT2D eigenvalue weighted by molar-refractivity contribution is -0.146. The molecule has 7 atom stereocenters. The van der Waals surface area contributed by atoms with Crippen molar-refractivity contribution in [3.8, 4) is 0 Å². The van der Waals surface area contributed by atoms with E-state index in [9.17, 15) is 24.3 Å². The second-order valence-electron chi connectivity index (χ2n) is 11.8. The van der Waals surface area contributed by atoms with Gasteiger partial charge in [-0.2, -0.15) is 0 Å². The number of ether oxygens (including phenoxy) is 2. The van der Waals surface area contributed by atoms with Gasteiger partial charge in [0.25, 0.3) is 5.91 Å². The van der Waals surface area contributed by atoms with Gasteiger partial charge in [-0.15, -0.1) is 0 Å². The number of carbonyl (C=O) groups excluding carboxylic acids is 4. The summed E-state index contributed by atoms with van der Waals surface area (Å²) >= 11 is 6.12. The van der Waals surface area contributed by atoms with Crippen LogP contribution in [0.2, 0.25) is 5.02 Å². The van der Waals surface area contributed by atoms with Crippen molar-refractivity contribution in [2.75, 3.05) is 24.7 Å². The summed E-state index contributed by atoms with van der Waals surface area (Å²) in [5.74, 6) is -3.71. The number of aliphatic hydroxyl groups is 1. The van der Waals surface area contributed by atoms with Crippen molar-refractivity contribution in [1.82, 2.24) is 10.2 Å². The Morgan fingerprint density at radius 2 is 1.80 bits per heavy atom. The van der Waals surface area contributed by atoms with Crippen LogP contribution in [0, 0.1) is 11.8 Å². The molecule has 45 heavy (non-hydrogen) atoms. The number of nitrogens with one attached hydrogen (secondary N) is 1. The first-order valence-corrected chi connectivity index (χ1v) is 15.7. The Labute approximate surface area is 266 Å². The van der Waals surface area contributed by atoms with Gasteiger partial charge in [-0.05, 0) is 42.7 Å². The van der Waals surface area contributed by atoms with Gasteiger partial charge in [0, 0.05) is 23.7 Å². The van der Waals surface area contributed by atoms with E-state index in [2.05, 4.69) is 5.32 Å². The molecule has 0 aliphatic carbocycles. The van der Waals surface area contributed by atoms with E-state index >= 15 is 0 Å². The van der Waals surface area contributed by atoms with Crippen LogP contribution in [0.15, 0.2) is 78.9 Å². The van der Waals surface area contributed by atoms with Crippen molar-refractivity contribution in [2.24, 2.45) is 11.8 Å². The van der Waals surface area contributed by atoms with Gasteiger partial charge >= 0.3 is 5.97 Å².